The van der Waals surface area contributed by atoms with Gasteiger partial charge in [-0.2, -0.15) is 0 Å². The summed E-state index contributed by atoms with van der Waals surface area (Å²) in [7, 11) is 3.43. The second-order valence-electron chi connectivity index (χ2n) is 3.18. The topological polar surface area (TPSA) is 30.5 Å². The number of alkyl halides is 1. The summed E-state index contributed by atoms with van der Waals surface area (Å²) in [5, 5.41) is 3.05. The van der Waals surface area contributed by atoms with E-state index in [1.165, 1.54) is 0 Å². The first kappa shape index (κ1) is 13.3. The number of ether oxygens (including phenoxy) is 2. The second-order valence-corrected chi connectivity index (χ2v) is 4.03. The van der Waals surface area contributed by atoms with Gasteiger partial charge in [0.2, 0.25) is 0 Å². The van der Waals surface area contributed by atoms with E-state index in [0.29, 0.717) is 11.5 Å². The van der Waals surface area contributed by atoms with Crippen molar-refractivity contribution in [1.82, 2.24) is 5.32 Å². The van der Waals surface area contributed by atoms with Gasteiger partial charge >= 0.3 is 0 Å². The van der Waals surface area contributed by atoms with Crippen LogP contribution in [0.4, 0.5) is 4.39 Å². The van der Waals surface area contributed by atoms with E-state index in [9.17, 15) is 4.39 Å². The maximum atomic E-state index is 12.1. The number of hydrogen-bond donors (Lipinski definition) is 1. The Hall–Kier alpha value is -0.810. The Morgan fingerprint density at radius 1 is 1.44 bits per heavy atom. The van der Waals surface area contributed by atoms with E-state index in [-0.39, 0.29) is 6.61 Å². The molecular formula is C11H15BrFNO2. The number of halogens is 2. The average molecular weight is 292 g/mol. The monoisotopic (exact) mass is 291 g/mol. The highest BCUT2D eigenvalue weighted by molar-refractivity contribution is 9.10. The van der Waals surface area contributed by atoms with E-state index >= 15 is 0 Å². The molecule has 16 heavy (non-hydrogen) atoms. The fourth-order valence-electron chi connectivity index (χ4n) is 1.36. The second kappa shape index (κ2) is 6.70. The lowest BCUT2D eigenvalue weighted by Crippen LogP contribution is -2.06. The van der Waals surface area contributed by atoms with Gasteiger partial charge in [0.15, 0.2) is 11.5 Å². The molecule has 0 spiro atoms. The molecule has 1 aromatic carbocycles. The van der Waals surface area contributed by atoms with Crippen molar-refractivity contribution in [2.24, 2.45) is 0 Å². The number of benzene rings is 1. The maximum Gasteiger partial charge on any atom is 0.175 e. The lowest BCUT2D eigenvalue weighted by molar-refractivity contribution is 0.258. The van der Waals surface area contributed by atoms with Crippen molar-refractivity contribution in [2.75, 3.05) is 27.4 Å². The van der Waals surface area contributed by atoms with Crippen molar-refractivity contribution < 1.29 is 13.9 Å². The molecular weight excluding hydrogens is 277 g/mol. The van der Waals surface area contributed by atoms with Gasteiger partial charge in [-0.05, 0) is 40.7 Å². The summed E-state index contributed by atoms with van der Waals surface area (Å²) in [6, 6.07) is 3.79. The van der Waals surface area contributed by atoms with Crippen LogP contribution in [0.25, 0.3) is 0 Å². The predicted molar refractivity (Wildman–Crippen MR) is 64.9 cm³/mol. The smallest absolute Gasteiger partial charge is 0.175 e. The zero-order valence-electron chi connectivity index (χ0n) is 9.35. The molecule has 0 aliphatic carbocycles. The van der Waals surface area contributed by atoms with Gasteiger partial charge in [0.25, 0.3) is 0 Å². The van der Waals surface area contributed by atoms with Gasteiger partial charge in [-0.1, -0.05) is 0 Å². The van der Waals surface area contributed by atoms with E-state index in [1.54, 1.807) is 7.11 Å². The van der Waals surface area contributed by atoms with E-state index in [0.717, 1.165) is 16.6 Å². The van der Waals surface area contributed by atoms with Crippen molar-refractivity contribution in [1.29, 1.82) is 0 Å². The van der Waals surface area contributed by atoms with Crippen LogP contribution in [0, 0.1) is 0 Å². The van der Waals surface area contributed by atoms with Crippen LogP contribution in [0.1, 0.15) is 5.56 Å². The Morgan fingerprint density at radius 2 is 2.19 bits per heavy atom. The minimum atomic E-state index is -0.520. The third kappa shape index (κ3) is 3.35. The molecule has 90 valence electrons. The number of hydrogen-bond acceptors (Lipinski definition) is 3. The van der Waals surface area contributed by atoms with Crippen LogP contribution in [0.3, 0.4) is 0 Å². The Labute approximate surface area is 103 Å². The van der Waals surface area contributed by atoms with Crippen LogP contribution in [0.2, 0.25) is 0 Å². The summed E-state index contributed by atoms with van der Waals surface area (Å²) in [6.07, 6.45) is 0. The van der Waals surface area contributed by atoms with E-state index < -0.39 is 6.67 Å². The zero-order valence-corrected chi connectivity index (χ0v) is 10.9. The minimum Gasteiger partial charge on any atom is -0.493 e. The first-order chi connectivity index (χ1) is 7.72. The maximum absolute atomic E-state index is 12.1. The number of rotatable bonds is 6. The molecule has 0 aliphatic heterocycles. The van der Waals surface area contributed by atoms with Gasteiger partial charge in [0.05, 0.1) is 11.6 Å². The predicted octanol–water partition coefficient (Wildman–Crippen LogP) is 2.53. The molecule has 1 N–H and O–H groups in total. The quantitative estimate of drug-likeness (QED) is 0.874. The highest BCUT2D eigenvalue weighted by Gasteiger charge is 2.11. The zero-order chi connectivity index (χ0) is 12.0. The molecule has 0 atom stereocenters. The molecule has 0 radical (unpaired) electrons. The van der Waals surface area contributed by atoms with Gasteiger partial charge < -0.3 is 14.8 Å². The molecule has 1 rings (SSSR count). The van der Waals surface area contributed by atoms with Crippen LogP contribution in [0.15, 0.2) is 16.6 Å². The molecule has 0 aromatic heterocycles. The Balaban J connectivity index is 2.97. The lowest BCUT2D eigenvalue weighted by Gasteiger charge is -2.13. The normalized spacial score (nSPS) is 10.2. The molecule has 0 bridgehead atoms. The molecule has 0 saturated carbocycles. The Bertz CT molecular complexity index is 347. The van der Waals surface area contributed by atoms with E-state index in [1.807, 2.05) is 19.2 Å². The highest BCUT2D eigenvalue weighted by Crippen LogP contribution is 2.36. The van der Waals surface area contributed by atoms with Gasteiger partial charge in [0, 0.05) is 6.54 Å². The largest absolute Gasteiger partial charge is 0.493 e. The molecule has 0 fully saturated rings. The standard InChI is InChI=1S/C11H15BrFNO2/c1-14-7-8-5-9(12)11(16-4-3-13)10(6-8)15-2/h5-6,14H,3-4,7H2,1-2H3. The van der Waals surface area contributed by atoms with Crippen LogP contribution < -0.4 is 14.8 Å². The van der Waals surface area contributed by atoms with Crippen molar-refractivity contribution in [3.8, 4) is 11.5 Å². The number of nitrogens with one attached hydrogen (secondary N) is 1. The Kier molecular flexibility index (Phi) is 5.55. The molecule has 1 aromatic rings. The Morgan fingerprint density at radius 3 is 2.75 bits per heavy atom. The summed E-state index contributed by atoms with van der Waals surface area (Å²) in [5.41, 5.74) is 1.07. The number of methoxy groups -OCH3 is 1. The fraction of sp³-hybridized carbons (Fsp3) is 0.455. The van der Waals surface area contributed by atoms with Crippen LogP contribution in [-0.2, 0) is 6.54 Å². The summed E-state index contributed by atoms with van der Waals surface area (Å²) in [5.74, 6) is 1.15. The molecule has 0 heterocycles. The molecule has 0 saturated heterocycles. The van der Waals surface area contributed by atoms with E-state index in [4.69, 9.17) is 9.47 Å². The average Bonchev–Trinajstić information content (AvgIpc) is 2.27. The summed E-state index contributed by atoms with van der Waals surface area (Å²) in [4.78, 5) is 0. The van der Waals surface area contributed by atoms with Crippen LogP contribution in [-0.4, -0.2) is 27.4 Å². The van der Waals surface area contributed by atoms with Crippen molar-refractivity contribution >= 4 is 15.9 Å². The van der Waals surface area contributed by atoms with Gasteiger partial charge in [-0.3, -0.25) is 0 Å². The SMILES string of the molecule is CNCc1cc(Br)c(OCCF)c(OC)c1. The highest BCUT2D eigenvalue weighted by atomic mass is 79.9. The molecule has 0 amide bonds. The third-order valence-corrected chi connectivity index (χ3v) is 2.58. The van der Waals surface area contributed by atoms with Gasteiger partial charge in [-0.25, -0.2) is 4.39 Å². The summed E-state index contributed by atoms with van der Waals surface area (Å²) >= 11 is 3.38. The van der Waals surface area contributed by atoms with E-state index in [2.05, 4.69) is 21.2 Å². The van der Waals surface area contributed by atoms with Crippen molar-refractivity contribution in [2.45, 2.75) is 6.54 Å². The molecule has 3 nitrogen and oxygen atoms in total. The van der Waals surface area contributed by atoms with Crippen molar-refractivity contribution in [3.63, 3.8) is 0 Å². The first-order valence-electron chi connectivity index (χ1n) is 4.92. The molecule has 0 unspecified atom stereocenters. The van der Waals surface area contributed by atoms with Gasteiger partial charge in [0.1, 0.15) is 13.3 Å². The summed E-state index contributed by atoms with van der Waals surface area (Å²) in [6.45, 7) is 0.243. The van der Waals surface area contributed by atoms with Gasteiger partial charge in [-0.15, -0.1) is 0 Å². The molecule has 5 heteroatoms. The minimum absolute atomic E-state index is 0.0281. The lowest BCUT2D eigenvalue weighted by atomic mass is 10.2. The fourth-order valence-corrected chi connectivity index (χ4v) is 1.96. The first-order valence-corrected chi connectivity index (χ1v) is 5.72. The van der Waals surface area contributed by atoms with Crippen molar-refractivity contribution in [3.05, 3.63) is 22.2 Å². The summed E-state index contributed by atoms with van der Waals surface area (Å²) < 4.78 is 23.3. The van der Waals surface area contributed by atoms with Crippen LogP contribution >= 0.6 is 15.9 Å². The van der Waals surface area contributed by atoms with Crippen LogP contribution in [0.5, 0.6) is 11.5 Å². The third-order valence-electron chi connectivity index (χ3n) is 1.99. The molecule has 0 aliphatic rings.